The quantitative estimate of drug-likeness (QED) is 0.197. The molecule has 0 atom stereocenters. The molecule has 0 N–H and O–H groups in total. The van der Waals surface area contributed by atoms with E-state index in [-0.39, 0.29) is 35.6 Å². The number of hydrogen-bond donors (Lipinski definition) is 0. The first-order chi connectivity index (χ1) is 22.0. The zero-order chi connectivity index (χ0) is 32.7. The molecule has 6 aromatic rings. The molecule has 0 saturated carbocycles. The van der Waals surface area contributed by atoms with Crippen LogP contribution >= 0.6 is 0 Å². The summed E-state index contributed by atoms with van der Waals surface area (Å²) in [4.78, 5) is 0. The number of hydrogen-bond acceptors (Lipinski definition) is 0. The second-order valence-corrected chi connectivity index (χ2v) is 15.2. The molecule has 3 heteroatoms. The van der Waals surface area contributed by atoms with Gasteiger partial charge in [0.1, 0.15) is 0 Å². The minimum atomic E-state index is 0. The SMILES string of the molecule is CC(C)(C)c1ccc2[cH-]c3ccc(C(C)(C)C)cc3c2c1.[C-]1=CC(c2ccccc2)=CC1.[Cl-].[Cl-].[Zr+2]=[C](c1ccccc1)c1ccccc1. The summed E-state index contributed by atoms with van der Waals surface area (Å²) < 4.78 is 1.42. The average molecular weight is 747 g/mol. The van der Waals surface area contributed by atoms with E-state index in [2.05, 4.69) is 187 Å². The number of rotatable bonds is 3. The van der Waals surface area contributed by atoms with Crippen molar-refractivity contribution in [1.29, 1.82) is 0 Å². The Balaban J connectivity index is 0.000000202. The van der Waals surface area contributed by atoms with Crippen LogP contribution in [0.4, 0.5) is 0 Å². The fourth-order valence-electron chi connectivity index (χ4n) is 5.54. The van der Waals surface area contributed by atoms with E-state index in [1.54, 1.807) is 0 Å². The molecule has 0 bridgehead atoms. The van der Waals surface area contributed by atoms with Gasteiger partial charge in [-0.05, 0) is 10.8 Å². The van der Waals surface area contributed by atoms with Gasteiger partial charge in [-0.3, -0.25) is 6.08 Å². The van der Waals surface area contributed by atoms with E-state index in [4.69, 9.17) is 0 Å². The van der Waals surface area contributed by atoms with Gasteiger partial charge in [-0.15, -0.1) is 51.7 Å². The van der Waals surface area contributed by atoms with Crippen molar-refractivity contribution in [3.05, 3.63) is 180 Å². The summed E-state index contributed by atoms with van der Waals surface area (Å²) in [6.45, 7) is 13.7. The molecule has 48 heavy (non-hydrogen) atoms. The molecule has 244 valence electrons. The van der Waals surface area contributed by atoms with Crippen molar-refractivity contribution in [2.45, 2.75) is 58.8 Å². The molecule has 6 aromatic carbocycles. The Morgan fingerprint density at radius 1 is 0.583 bits per heavy atom. The average Bonchev–Trinajstić information content (AvgIpc) is 3.74. The summed E-state index contributed by atoms with van der Waals surface area (Å²) in [5.74, 6) is 0. The van der Waals surface area contributed by atoms with Gasteiger partial charge in [0.25, 0.3) is 0 Å². The summed E-state index contributed by atoms with van der Waals surface area (Å²) in [6, 6.07) is 47.6. The topological polar surface area (TPSA) is 0 Å². The van der Waals surface area contributed by atoms with E-state index >= 15 is 0 Å². The van der Waals surface area contributed by atoms with Crippen LogP contribution in [0.1, 0.15) is 75.8 Å². The molecule has 0 radical (unpaired) electrons. The van der Waals surface area contributed by atoms with Gasteiger partial charge in [-0.2, -0.15) is 11.6 Å². The Bertz CT molecular complexity index is 1860. The second kappa shape index (κ2) is 17.4. The third-order valence-electron chi connectivity index (χ3n) is 8.37. The number of benzene rings is 5. The Morgan fingerprint density at radius 2 is 1.00 bits per heavy atom. The van der Waals surface area contributed by atoms with Crippen molar-refractivity contribution in [2.24, 2.45) is 0 Å². The minimum absolute atomic E-state index is 0. The molecule has 0 nitrogen and oxygen atoms in total. The Kier molecular flexibility index (Phi) is 14.3. The molecule has 0 saturated heterocycles. The van der Waals surface area contributed by atoms with Gasteiger partial charge in [0.05, 0.1) is 0 Å². The Labute approximate surface area is 315 Å². The third-order valence-corrected chi connectivity index (χ3v) is 9.79. The molecule has 0 aliphatic heterocycles. The van der Waals surface area contributed by atoms with Gasteiger partial charge >= 0.3 is 99.2 Å². The molecule has 1 aliphatic carbocycles. The van der Waals surface area contributed by atoms with Crippen molar-refractivity contribution in [2.75, 3.05) is 0 Å². The molecular formula is C45H44Cl2Zr-2. The summed E-state index contributed by atoms with van der Waals surface area (Å²) in [5.41, 5.74) is 8.45. The van der Waals surface area contributed by atoms with Crippen LogP contribution in [-0.2, 0) is 35.1 Å². The summed E-state index contributed by atoms with van der Waals surface area (Å²) in [5, 5.41) is 5.49. The van der Waals surface area contributed by atoms with Gasteiger partial charge in [-0.25, -0.2) is 6.08 Å². The van der Waals surface area contributed by atoms with Crippen LogP contribution in [0.15, 0.2) is 146 Å². The zero-order valence-corrected chi connectivity index (χ0v) is 32.8. The van der Waals surface area contributed by atoms with E-state index in [0.29, 0.717) is 0 Å². The van der Waals surface area contributed by atoms with Crippen molar-refractivity contribution in [3.8, 4) is 0 Å². The molecular weight excluding hydrogens is 703 g/mol. The normalized spacial score (nSPS) is 12.1. The van der Waals surface area contributed by atoms with E-state index < -0.39 is 0 Å². The van der Waals surface area contributed by atoms with E-state index in [1.165, 1.54) is 82.4 Å². The maximum absolute atomic E-state index is 3.15. The van der Waals surface area contributed by atoms with Crippen molar-refractivity contribution in [3.63, 3.8) is 0 Å². The molecule has 1 aliphatic rings. The Hall–Kier alpha value is -3.22. The summed E-state index contributed by atoms with van der Waals surface area (Å²) >= 11 is 1.46. The molecule has 0 aromatic heterocycles. The monoisotopic (exact) mass is 744 g/mol. The third kappa shape index (κ3) is 10.2. The molecule has 0 fully saturated rings. The first kappa shape index (κ1) is 39.2. The van der Waals surface area contributed by atoms with Gasteiger partial charge in [-0.1, -0.05) is 107 Å². The van der Waals surface area contributed by atoms with Gasteiger partial charge in [0.15, 0.2) is 0 Å². The van der Waals surface area contributed by atoms with Crippen LogP contribution in [0.3, 0.4) is 0 Å². The van der Waals surface area contributed by atoms with E-state index in [1.807, 2.05) is 6.07 Å². The predicted octanol–water partition coefficient (Wildman–Crippen LogP) is 5.95. The maximum atomic E-state index is 3.15. The van der Waals surface area contributed by atoms with E-state index in [0.717, 1.165) is 6.42 Å². The van der Waals surface area contributed by atoms with Gasteiger partial charge < -0.3 is 24.8 Å². The van der Waals surface area contributed by atoms with Crippen molar-refractivity contribution >= 4 is 30.3 Å². The molecule has 0 unspecified atom stereocenters. The standard InChI is InChI=1S/C21H25.C13H10.C11H9.2ClH.Zr/c1-20(2,3)16-9-7-14-11-15-8-10-17(21(4,5)6)13-19(15)18(14)12-16;1-3-7-12(8-4-1)11-13-9-5-2-6-10-13;1-2-6-10(7-3-1)11-8-4-5-9-11;;;/h7-13H,1-6H3;1-10H;1-3,6-9H,4H2;2*1H;/q-1;;-1;;;+2/p-2. The number of allylic oxidation sites excluding steroid dienone is 4. The summed E-state index contributed by atoms with van der Waals surface area (Å²) in [7, 11) is 0. The van der Waals surface area contributed by atoms with Crippen LogP contribution in [0, 0.1) is 6.08 Å². The molecule has 7 rings (SSSR count). The number of fused-ring (bicyclic) bond motifs is 3. The van der Waals surface area contributed by atoms with Gasteiger partial charge in [0.2, 0.25) is 0 Å². The van der Waals surface area contributed by atoms with Crippen LogP contribution in [0.2, 0.25) is 0 Å². The fourth-order valence-corrected chi connectivity index (χ4v) is 6.36. The molecule has 0 amide bonds. The summed E-state index contributed by atoms with van der Waals surface area (Å²) in [6.07, 6.45) is 8.36. The first-order valence-electron chi connectivity index (χ1n) is 16.2. The number of halogens is 2. The first-order valence-corrected chi connectivity index (χ1v) is 17.4. The molecule has 0 heterocycles. The second-order valence-electron chi connectivity index (χ2n) is 13.9. The molecule has 0 spiro atoms. The van der Waals surface area contributed by atoms with Crippen molar-refractivity contribution < 1.29 is 49.0 Å². The van der Waals surface area contributed by atoms with Gasteiger partial charge in [0, 0.05) is 0 Å². The Morgan fingerprint density at radius 3 is 1.38 bits per heavy atom. The zero-order valence-electron chi connectivity index (χ0n) is 28.8. The van der Waals surface area contributed by atoms with Crippen LogP contribution in [0.25, 0.3) is 27.1 Å². The van der Waals surface area contributed by atoms with Crippen LogP contribution in [-0.4, -0.2) is 3.21 Å². The van der Waals surface area contributed by atoms with Crippen LogP contribution in [0.5, 0.6) is 0 Å². The van der Waals surface area contributed by atoms with Crippen LogP contribution < -0.4 is 24.8 Å². The van der Waals surface area contributed by atoms with E-state index in [9.17, 15) is 0 Å². The fraction of sp³-hybridized carbons (Fsp3) is 0.200. The van der Waals surface area contributed by atoms with Crippen molar-refractivity contribution in [1.82, 2.24) is 0 Å². The predicted molar refractivity (Wildman–Crippen MR) is 197 cm³/mol.